The van der Waals surface area contributed by atoms with Gasteiger partial charge in [-0.25, -0.2) is 0 Å². The van der Waals surface area contributed by atoms with Gasteiger partial charge in [0.2, 0.25) is 0 Å². The summed E-state index contributed by atoms with van der Waals surface area (Å²) in [5.41, 5.74) is 4.07. The van der Waals surface area contributed by atoms with Crippen molar-refractivity contribution in [1.82, 2.24) is 0 Å². The van der Waals surface area contributed by atoms with Crippen LogP contribution in [0.3, 0.4) is 0 Å². The summed E-state index contributed by atoms with van der Waals surface area (Å²) in [5.74, 6) is 2.09. The second-order valence-electron chi connectivity index (χ2n) is 6.62. The third-order valence-corrected chi connectivity index (χ3v) is 5.71. The molecule has 24 heavy (non-hydrogen) atoms. The predicted octanol–water partition coefficient (Wildman–Crippen LogP) is 5.91. The van der Waals surface area contributed by atoms with E-state index in [-0.39, 0.29) is 0 Å². The first-order valence-electron chi connectivity index (χ1n) is 8.71. The highest BCUT2D eigenvalue weighted by atomic mass is 127. The summed E-state index contributed by atoms with van der Waals surface area (Å²) in [6.45, 7) is 2.91. The van der Waals surface area contributed by atoms with E-state index in [4.69, 9.17) is 4.74 Å². The molecule has 0 saturated heterocycles. The van der Waals surface area contributed by atoms with Gasteiger partial charge < -0.3 is 10.1 Å². The number of hydrogen-bond donors (Lipinski definition) is 1. The van der Waals surface area contributed by atoms with Crippen molar-refractivity contribution in [2.24, 2.45) is 5.92 Å². The van der Waals surface area contributed by atoms with Gasteiger partial charge in [-0.15, -0.1) is 0 Å². The molecule has 3 heteroatoms. The lowest BCUT2D eigenvalue weighted by Crippen LogP contribution is -2.29. The molecule has 3 atom stereocenters. The molecular formula is C21H22INO. The normalized spacial score (nSPS) is 24.2. The fourth-order valence-corrected chi connectivity index (χ4v) is 4.40. The predicted molar refractivity (Wildman–Crippen MR) is 108 cm³/mol. The first kappa shape index (κ1) is 16.0. The number of allylic oxidation sites excluding steroid dienone is 2. The van der Waals surface area contributed by atoms with Crippen molar-refractivity contribution in [2.75, 3.05) is 11.9 Å². The van der Waals surface area contributed by atoms with Gasteiger partial charge in [-0.1, -0.05) is 31.2 Å². The molecule has 0 fully saturated rings. The van der Waals surface area contributed by atoms with Crippen LogP contribution < -0.4 is 10.1 Å². The van der Waals surface area contributed by atoms with Crippen LogP contribution in [0.5, 0.6) is 5.75 Å². The summed E-state index contributed by atoms with van der Waals surface area (Å²) in [5, 5.41) is 3.79. The topological polar surface area (TPSA) is 21.3 Å². The molecule has 2 aromatic carbocycles. The molecule has 124 valence electrons. The van der Waals surface area contributed by atoms with E-state index in [1.54, 1.807) is 0 Å². The maximum atomic E-state index is 5.72. The Morgan fingerprint density at radius 3 is 2.79 bits per heavy atom. The second kappa shape index (κ2) is 6.79. The molecule has 0 spiro atoms. The molecule has 4 rings (SSSR count). The molecule has 2 nitrogen and oxygen atoms in total. The number of fused-ring (bicyclic) bond motifs is 3. The third kappa shape index (κ3) is 2.94. The van der Waals surface area contributed by atoms with Crippen LogP contribution in [0.1, 0.15) is 42.9 Å². The fourth-order valence-electron chi connectivity index (χ4n) is 3.89. The highest BCUT2D eigenvalue weighted by molar-refractivity contribution is 14.1. The highest BCUT2D eigenvalue weighted by Crippen LogP contribution is 2.50. The molecule has 1 heterocycles. The summed E-state index contributed by atoms with van der Waals surface area (Å²) in [6, 6.07) is 15.7. The van der Waals surface area contributed by atoms with E-state index in [0.717, 1.165) is 25.2 Å². The number of ether oxygens (including phenoxy) is 1. The van der Waals surface area contributed by atoms with Gasteiger partial charge in [-0.2, -0.15) is 0 Å². The summed E-state index contributed by atoms with van der Waals surface area (Å²) >= 11 is 2.41. The molecule has 1 N–H and O–H groups in total. The second-order valence-corrected chi connectivity index (χ2v) is 7.87. The Morgan fingerprint density at radius 2 is 2.00 bits per heavy atom. The Balaban J connectivity index is 1.63. The van der Waals surface area contributed by atoms with Crippen molar-refractivity contribution in [3.63, 3.8) is 0 Å². The van der Waals surface area contributed by atoms with Crippen LogP contribution in [-0.4, -0.2) is 6.61 Å². The summed E-state index contributed by atoms with van der Waals surface area (Å²) in [4.78, 5) is 0. The van der Waals surface area contributed by atoms with Gasteiger partial charge in [-0.05, 0) is 82.8 Å². The van der Waals surface area contributed by atoms with Gasteiger partial charge in [-0.3, -0.25) is 0 Å². The average molecular weight is 431 g/mol. The van der Waals surface area contributed by atoms with E-state index in [2.05, 4.69) is 89.4 Å². The Labute approximate surface area is 157 Å². The molecule has 0 unspecified atom stereocenters. The van der Waals surface area contributed by atoms with Crippen molar-refractivity contribution in [3.05, 3.63) is 69.3 Å². The largest absolute Gasteiger partial charge is 0.494 e. The van der Waals surface area contributed by atoms with Gasteiger partial charge in [0.1, 0.15) is 5.75 Å². The molecule has 1 aliphatic heterocycles. The molecule has 2 aliphatic rings. The smallest absolute Gasteiger partial charge is 0.119 e. The number of nitrogens with one attached hydrogen (secondary N) is 1. The van der Waals surface area contributed by atoms with Crippen molar-refractivity contribution < 1.29 is 4.74 Å². The van der Waals surface area contributed by atoms with Gasteiger partial charge in [0.05, 0.1) is 12.6 Å². The third-order valence-electron chi connectivity index (χ3n) is 5.04. The van der Waals surface area contributed by atoms with Crippen molar-refractivity contribution in [3.8, 4) is 5.75 Å². The minimum absolute atomic E-state index is 0.359. The van der Waals surface area contributed by atoms with Crippen LogP contribution in [0.15, 0.2) is 54.6 Å². The average Bonchev–Trinajstić information content (AvgIpc) is 3.10. The SMILES string of the molecule is CCCOc1ccc([C@@H]2Nc3ccc(I)cc3[C@@H]3C=CC[C@@H]32)cc1. The van der Waals surface area contributed by atoms with Crippen molar-refractivity contribution in [1.29, 1.82) is 0 Å². The zero-order valence-corrected chi connectivity index (χ0v) is 16.0. The lowest BCUT2D eigenvalue weighted by molar-refractivity contribution is 0.317. The minimum Gasteiger partial charge on any atom is -0.494 e. The van der Waals surface area contributed by atoms with Gasteiger partial charge in [0.15, 0.2) is 0 Å². The van der Waals surface area contributed by atoms with Gasteiger partial charge in [0, 0.05) is 15.2 Å². The number of rotatable bonds is 4. The Hall–Kier alpha value is -1.49. The van der Waals surface area contributed by atoms with Crippen LogP contribution >= 0.6 is 22.6 Å². The molecular weight excluding hydrogens is 409 g/mol. The maximum Gasteiger partial charge on any atom is 0.119 e. The fraction of sp³-hybridized carbons (Fsp3) is 0.333. The van der Waals surface area contributed by atoms with Gasteiger partial charge >= 0.3 is 0 Å². The van der Waals surface area contributed by atoms with Crippen LogP contribution in [0.25, 0.3) is 0 Å². The van der Waals surface area contributed by atoms with E-state index in [1.807, 2.05) is 0 Å². The van der Waals surface area contributed by atoms with E-state index in [9.17, 15) is 0 Å². The van der Waals surface area contributed by atoms with Crippen LogP contribution in [0, 0.1) is 9.49 Å². The van der Waals surface area contributed by atoms with Crippen LogP contribution in [-0.2, 0) is 0 Å². The van der Waals surface area contributed by atoms with E-state index in [1.165, 1.54) is 20.4 Å². The van der Waals surface area contributed by atoms with Crippen molar-refractivity contribution >= 4 is 28.3 Å². The number of halogens is 1. The summed E-state index contributed by atoms with van der Waals surface area (Å²) < 4.78 is 7.03. The minimum atomic E-state index is 0.359. The molecule has 2 aromatic rings. The van der Waals surface area contributed by atoms with Gasteiger partial charge in [0.25, 0.3) is 0 Å². The zero-order chi connectivity index (χ0) is 16.5. The quantitative estimate of drug-likeness (QED) is 0.480. The monoisotopic (exact) mass is 431 g/mol. The lowest BCUT2D eigenvalue weighted by atomic mass is 9.77. The van der Waals surface area contributed by atoms with Crippen LogP contribution in [0.4, 0.5) is 5.69 Å². The van der Waals surface area contributed by atoms with E-state index >= 15 is 0 Å². The molecule has 0 aromatic heterocycles. The molecule has 0 saturated carbocycles. The standard InChI is InChI=1S/C21H22INO/c1-2-12-24-16-9-6-14(7-10-16)21-18-5-3-4-17(18)19-13-15(22)8-11-20(19)23-21/h3-4,6-11,13,17-18,21,23H,2,5,12H2,1H3/t17-,18+,21+/m1/s1. The van der Waals surface area contributed by atoms with Crippen molar-refractivity contribution in [2.45, 2.75) is 31.7 Å². The lowest BCUT2D eigenvalue weighted by Gasteiger charge is -2.37. The number of anilines is 1. The molecule has 0 bridgehead atoms. The Morgan fingerprint density at radius 1 is 1.17 bits per heavy atom. The zero-order valence-electron chi connectivity index (χ0n) is 13.8. The number of hydrogen-bond acceptors (Lipinski definition) is 2. The summed E-state index contributed by atoms with van der Waals surface area (Å²) in [7, 11) is 0. The first-order chi connectivity index (χ1) is 11.8. The molecule has 0 radical (unpaired) electrons. The first-order valence-corrected chi connectivity index (χ1v) is 9.79. The Kier molecular flexibility index (Phi) is 4.53. The van der Waals surface area contributed by atoms with E-state index < -0.39 is 0 Å². The Bertz CT molecular complexity index is 753. The number of benzene rings is 2. The molecule has 1 aliphatic carbocycles. The highest BCUT2D eigenvalue weighted by Gasteiger charge is 2.37. The van der Waals surface area contributed by atoms with E-state index in [0.29, 0.717) is 17.9 Å². The maximum absolute atomic E-state index is 5.72. The molecule has 0 amide bonds. The van der Waals surface area contributed by atoms with Crippen LogP contribution in [0.2, 0.25) is 0 Å². The summed E-state index contributed by atoms with van der Waals surface area (Å²) in [6.07, 6.45) is 6.92.